The zero-order valence-corrected chi connectivity index (χ0v) is 13.5. The molecule has 0 spiro atoms. The first-order chi connectivity index (χ1) is 10.6. The van der Waals surface area contributed by atoms with E-state index in [0.717, 1.165) is 20.8 Å². The minimum Gasteiger partial charge on any atom is -0.323 e. The number of hydrogen-bond donors (Lipinski definition) is 1. The summed E-state index contributed by atoms with van der Waals surface area (Å²) in [5.41, 5.74) is 2.42. The summed E-state index contributed by atoms with van der Waals surface area (Å²) in [5, 5.41) is 5.34. The largest absolute Gasteiger partial charge is 0.323 e. The van der Waals surface area contributed by atoms with Gasteiger partial charge in [-0.3, -0.25) is 4.79 Å². The van der Waals surface area contributed by atoms with Gasteiger partial charge in [0.05, 0.1) is 11.1 Å². The van der Waals surface area contributed by atoms with Gasteiger partial charge in [0.25, 0.3) is 5.91 Å². The molecular weight excluding hydrogens is 342 g/mol. The molecule has 3 rings (SSSR count). The predicted molar refractivity (Wildman–Crippen MR) is 89.7 cm³/mol. The number of fused-ring (bicyclic) bond motifs is 1. The van der Waals surface area contributed by atoms with Crippen molar-refractivity contribution in [2.24, 2.45) is 21.9 Å². The van der Waals surface area contributed by atoms with Gasteiger partial charge in [0.1, 0.15) is 5.92 Å². The van der Waals surface area contributed by atoms with E-state index in [0.29, 0.717) is 11.1 Å². The fraction of sp³-hybridized carbons (Fsp3) is 0.118. The van der Waals surface area contributed by atoms with E-state index in [4.69, 9.17) is 5.84 Å². The molecule has 1 heterocycles. The molecule has 1 unspecified atom stereocenters. The Bertz CT molecular complexity index is 888. The summed E-state index contributed by atoms with van der Waals surface area (Å²) in [6, 6.07) is 15.5. The molecule has 1 atom stereocenters. The standard InChI is InChI=1S/C17H14BrN3O/c1-10(21-19)15-16(11-5-3-2-4-6-11)13-9-12(18)7-8-14(13)20-17(15)22/h2-9,15H,19H2,1H3/b21-10+. The summed E-state index contributed by atoms with van der Waals surface area (Å²) in [6.45, 7) is 1.75. The van der Waals surface area contributed by atoms with Crippen LogP contribution in [0.3, 0.4) is 0 Å². The van der Waals surface area contributed by atoms with Gasteiger partial charge in [0.2, 0.25) is 0 Å². The van der Waals surface area contributed by atoms with Crippen LogP contribution in [0, 0.1) is 5.92 Å². The van der Waals surface area contributed by atoms with Crippen molar-refractivity contribution >= 4 is 33.1 Å². The number of nitrogens with two attached hydrogens (primary N) is 1. The molecule has 0 bridgehead atoms. The maximum Gasteiger partial charge on any atom is 0.259 e. The summed E-state index contributed by atoms with van der Waals surface area (Å²) < 4.78 is 0.935. The van der Waals surface area contributed by atoms with Crippen molar-refractivity contribution in [1.82, 2.24) is 0 Å². The van der Waals surface area contributed by atoms with Crippen molar-refractivity contribution in [2.45, 2.75) is 6.92 Å². The first-order valence-corrected chi connectivity index (χ1v) is 7.63. The van der Waals surface area contributed by atoms with E-state index < -0.39 is 5.92 Å². The maximum atomic E-state index is 12.5. The highest BCUT2D eigenvalue weighted by Gasteiger charge is 2.30. The molecule has 0 aromatic heterocycles. The second-order valence-corrected chi connectivity index (χ2v) is 6.01. The van der Waals surface area contributed by atoms with E-state index in [1.165, 1.54) is 0 Å². The molecule has 0 saturated heterocycles. The number of carbonyl (C=O) groups excluding carboxylic acids is 1. The molecule has 110 valence electrons. The zero-order chi connectivity index (χ0) is 15.7. The fourth-order valence-corrected chi connectivity index (χ4v) is 3.05. The Morgan fingerprint density at radius 2 is 1.95 bits per heavy atom. The minimum absolute atomic E-state index is 0.236. The third-order valence-corrected chi connectivity index (χ3v) is 4.21. The molecule has 2 aromatic rings. The molecule has 0 aliphatic carbocycles. The number of amides is 1. The van der Waals surface area contributed by atoms with Crippen LogP contribution in [0.25, 0.3) is 5.57 Å². The van der Waals surface area contributed by atoms with Gasteiger partial charge >= 0.3 is 0 Å². The smallest absolute Gasteiger partial charge is 0.259 e. The lowest BCUT2D eigenvalue weighted by atomic mass is 9.85. The summed E-state index contributed by atoms with van der Waals surface area (Å²) in [6.07, 6.45) is 0. The predicted octanol–water partition coefficient (Wildman–Crippen LogP) is 1.76. The molecule has 22 heavy (non-hydrogen) atoms. The quantitative estimate of drug-likeness (QED) is 0.506. The Hall–Kier alpha value is -2.27. The lowest BCUT2D eigenvalue weighted by Gasteiger charge is -2.20. The molecule has 5 heteroatoms. The molecule has 1 aliphatic heterocycles. The number of halogens is 1. The van der Waals surface area contributed by atoms with Crippen molar-refractivity contribution < 1.29 is 4.79 Å². The first-order valence-electron chi connectivity index (χ1n) is 6.84. The van der Waals surface area contributed by atoms with Crippen LogP contribution >= 0.6 is 15.9 Å². The van der Waals surface area contributed by atoms with Crippen molar-refractivity contribution in [2.75, 3.05) is 0 Å². The lowest BCUT2D eigenvalue weighted by Crippen LogP contribution is -2.40. The third-order valence-electron chi connectivity index (χ3n) is 3.72. The van der Waals surface area contributed by atoms with Gasteiger partial charge in [-0.2, -0.15) is 5.10 Å². The van der Waals surface area contributed by atoms with E-state index in [1.54, 1.807) is 6.92 Å². The van der Waals surface area contributed by atoms with Gasteiger partial charge < -0.3 is 5.84 Å². The average Bonchev–Trinajstić information content (AvgIpc) is 2.54. The molecule has 4 nitrogen and oxygen atoms in total. The van der Waals surface area contributed by atoms with Gasteiger partial charge in [-0.1, -0.05) is 46.3 Å². The van der Waals surface area contributed by atoms with Crippen molar-refractivity contribution in [3.63, 3.8) is 0 Å². The second kappa shape index (κ2) is 5.85. The highest BCUT2D eigenvalue weighted by Crippen LogP contribution is 2.25. The number of hydrogen-bond acceptors (Lipinski definition) is 3. The normalized spacial score (nSPS) is 17.9. The molecule has 2 aromatic carbocycles. The van der Waals surface area contributed by atoms with E-state index in [2.05, 4.69) is 26.0 Å². The van der Waals surface area contributed by atoms with Crippen LogP contribution in [0.15, 0.2) is 63.1 Å². The summed E-state index contributed by atoms with van der Waals surface area (Å²) in [4.78, 5) is 16.7. The van der Waals surface area contributed by atoms with Gasteiger partial charge in [0, 0.05) is 9.69 Å². The van der Waals surface area contributed by atoms with E-state index in [1.807, 2.05) is 48.5 Å². The second-order valence-electron chi connectivity index (χ2n) is 5.09. The molecular formula is C17H14BrN3O. The van der Waals surface area contributed by atoms with Crippen LogP contribution in [0.4, 0.5) is 0 Å². The number of rotatable bonds is 2. The van der Waals surface area contributed by atoms with Crippen LogP contribution in [-0.4, -0.2) is 11.6 Å². The summed E-state index contributed by atoms with van der Waals surface area (Å²) in [7, 11) is 0. The van der Waals surface area contributed by atoms with Crippen molar-refractivity contribution in [1.29, 1.82) is 0 Å². The van der Waals surface area contributed by atoms with Crippen LogP contribution in [0.1, 0.15) is 12.5 Å². The highest BCUT2D eigenvalue weighted by atomic mass is 79.9. The number of carbonyl (C=O) groups is 1. The van der Waals surface area contributed by atoms with Crippen LogP contribution in [-0.2, 0) is 4.79 Å². The van der Waals surface area contributed by atoms with E-state index in [-0.39, 0.29) is 5.91 Å². The first kappa shape index (κ1) is 14.7. The van der Waals surface area contributed by atoms with E-state index in [9.17, 15) is 4.79 Å². The monoisotopic (exact) mass is 355 g/mol. The SMILES string of the molecule is C/C(=N\N)C1C(=O)N=c2ccc(Br)cc2=C1c1ccccc1. The number of nitrogens with zero attached hydrogens (tertiary/aromatic N) is 2. The Morgan fingerprint density at radius 3 is 2.64 bits per heavy atom. The van der Waals surface area contributed by atoms with Crippen molar-refractivity contribution in [3.8, 4) is 0 Å². The molecule has 1 amide bonds. The van der Waals surface area contributed by atoms with Crippen LogP contribution in [0.2, 0.25) is 0 Å². The number of benzene rings is 2. The summed E-state index contributed by atoms with van der Waals surface area (Å²) in [5.74, 6) is 4.64. The average molecular weight is 356 g/mol. The highest BCUT2D eigenvalue weighted by molar-refractivity contribution is 9.10. The Balaban J connectivity index is 2.44. The van der Waals surface area contributed by atoms with Gasteiger partial charge in [-0.15, -0.1) is 0 Å². The maximum absolute atomic E-state index is 12.5. The van der Waals surface area contributed by atoms with Crippen molar-refractivity contribution in [3.05, 3.63) is 69.1 Å². The topological polar surface area (TPSA) is 67.8 Å². The molecule has 0 radical (unpaired) electrons. The Morgan fingerprint density at radius 1 is 1.23 bits per heavy atom. The zero-order valence-electron chi connectivity index (χ0n) is 12.0. The molecule has 2 N–H and O–H groups in total. The van der Waals surface area contributed by atoms with Gasteiger partial charge in [0.15, 0.2) is 0 Å². The molecule has 0 saturated carbocycles. The Kier molecular flexibility index (Phi) is 3.90. The van der Waals surface area contributed by atoms with Crippen LogP contribution < -0.4 is 16.4 Å². The fourth-order valence-electron chi connectivity index (χ4n) is 2.69. The third kappa shape index (κ3) is 2.48. The van der Waals surface area contributed by atoms with Gasteiger partial charge in [-0.05, 0) is 36.3 Å². The number of hydrazone groups is 1. The summed E-state index contributed by atoms with van der Waals surface area (Å²) >= 11 is 3.48. The lowest BCUT2D eigenvalue weighted by molar-refractivity contribution is -0.118. The van der Waals surface area contributed by atoms with Crippen LogP contribution in [0.5, 0.6) is 0 Å². The molecule has 1 aliphatic rings. The molecule has 0 fully saturated rings. The van der Waals surface area contributed by atoms with E-state index >= 15 is 0 Å². The Labute approximate surface area is 136 Å². The minimum atomic E-state index is -0.547. The van der Waals surface area contributed by atoms with Gasteiger partial charge in [-0.25, -0.2) is 4.99 Å².